The third kappa shape index (κ3) is 3.10. The first-order valence-electron chi connectivity index (χ1n) is 8.03. The number of nitrogens with zero attached hydrogens (tertiary/aromatic N) is 3. The number of furan rings is 1. The number of aliphatic hydroxyl groups is 1. The molecule has 0 fully saturated rings. The first kappa shape index (κ1) is 16.4. The molecule has 4 rings (SSSR count). The highest BCUT2D eigenvalue weighted by atomic mass is 32.1. The third-order valence-electron chi connectivity index (χ3n) is 3.98. The predicted molar refractivity (Wildman–Crippen MR) is 103 cm³/mol. The summed E-state index contributed by atoms with van der Waals surface area (Å²) in [6.45, 7) is 2.06. The lowest BCUT2D eigenvalue weighted by atomic mass is 10.1. The maximum absolute atomic E-state index is 9.39. The lowest BCUT2D eigenvalue weighted by Crippen LogP contribution is -1.94. The normalized spacial score (nSPS) is 11.5. The number of thiophene rings is 1. The van der Waals surface area contributed by atoms with E-state index in [2.05, 4.69) is 20.5 Å². The Balaban J connectivity index is 1.72. The zero-order chi connectivity index (χ0) is 17.9. The highest BCUT2D eigenvalue weighted by molar-refractivity contribution is 7.23. The van der Waals surface area contributed by atoms with Gasteiger partial charge in [0.1, 0.15) is 12.1 Å². The minimum atomic E-state index is 0.0197. The zero-order valence-electron chi connectivity index (χ0n) is 14.0. The van der Waals surface area contributed by atoms with Crippen LogP contribution in [0.5, 0.6) is 0 Å². The Bertz CT molecular complexity index is 1070. The van der Waals surface area contributed by atoms with E-state index in [1.54, 1.807) is 29.9 Å². The first-order chi connectivity index (χ1) is 12.8. The number of aromatic nitrogens is 2. The molecule has 0 spiro atoms. The van der Waals surface area contributed by atoms with Crippen LogP contribution in [0.25, 0.3) is 20.7 Å². The van der Waals surface area contributed by atoms with Crippen LogP contribution in [-0.4, -0.2) is 21.3 Å². The average Bonchev–Trinajstić information content (AvgIpc) is 3.31. The molecule has 2 N–H and O–H groups in total. The van der Waals surface area contributed by atoms with Crippen LogP contribution >= 0.6 is 11.3 Å². The van der Waals surface area contributed by atoms with Crippen LogP contribution in [0.15, 0.2) is 58.5 Å². The maximum atomic E-state index is 9.39. The Kier molecular flexibility index (Phi) is 4.47. The Morgan fingerprint density at radius 2 is 2.19 bits per heavy atom. The van der Waals surface area contributed by atoms with E-state index in [1.807, 2.05) is 37.3 Å². The molecule has 0 atom stereocenters. The van der Waals surface area contributed by atoms with Gasteiger partial charge in [-0.2, -0.15) is 5.10 Å². The second-order valence-corrected chi connectivity index (χ2v) is 6.72. The third-order valence-corrected chi connectivity index (χ3v) is 5.32. The second kappa shape index (κ2) is 7.07. The molecule has 0 aliphatic rings. The standard InChI is InChI=1S/C19H16N4O2S/c1-12-16-18(26-17(12)14-5-2-4-13(8-14)10-24)19(21-11-20-16)23-22-9-15-6-3-7-25-15/h2-9,11,24H,10H2,1H3,(H,20,21,23)/b22-9+. The zero-order valence-corrected chi connectivity index (χ0v) is 14.8. The van der Waals surface area contributed by atoms with Gasteiger partial charge in [0.15, 0.2) is 5.82 Å². The van der Waals surface area contributed by atoms with Crippen molar-refractivity contribution in [1.82, 2.24) is 9.97 Å². The van der Waals surface area contributed by atoms with E-state index in [0.29, 0.717) is 11.6 Å². The summed E-state index contributed by atoms with van der Waals surface area (Å²) < 4.78 is 6.16. The van der Waals surface area contributed by atoms with Crippen molar-refractivity contribution in [2.45, 2.75) is 13.5 Å². The van der Waals surface area contributed by atoms with Crippen molar-refractivity contribution in [1.29, 1.82) is 0 Å². The van der Waals surface area contributed by atoms with Gasteiger partial charge in [-0.1, -0.05) is 18.2 Å². The van der Waals surface area contributed by atoms with Crippen LogP contribution in [0.1, 0.15) is 16.9 Å². The number of benzene rings is 1. The van der Waals surface area contributed by atoms with Gasteiger partial charge < -0.3 is 9.52 Å². The van der Waals surface area contributed by atoms with Crippen LogP contribution in [-0.2, 0) is 6.61 Å². The lowest BCUT2D eigenvalue weighted by Gasteiger charge is -2.02. The van der Waals surface area contributed by atoms with Crippen molar-refractivity contribution in [2.75, 3.05) is 5.43 Å². The molecule has 130 valence electrons. The molecule has 0 saturated heterocycles. The van der Waals surface area contributed by atoms with Crippen LogP contribution in [0.4, 0.5) is 5.82 Å². The van der Waals surface area contributed by atoms with E-state index in [0.717, 1.165) is 31.8 Å². The van der Waals surface area contributed by atoms with Crippen LogP contribution in [0.3, 0.4) is 0 Å². The van der Waals surface area contributed by atoms with Crippen LogP contribution in [0, 0.1) is 6.92 Å². The van der Waals surface area contributed by atoms with Crippen molar-refractivity contribution < 1.29 is 9.52 Å². The highest BCUT2D eigenvalue weighted by Gasteiger charge is 2.15. The summed E-state index contributed by atoms with van der Waals surface area (Å²) in [6, 6.07) is 11.5. The number of rotatable bonds is 5. The highest BCUT2D eigenvalue weighted by Crippen LogP contribution is 2.39. The fourth-order valence-corrected chi connectivity index (χ4v) is 3.91. The number of aryl methyl sites for hydroxylation is 1. The monoisotopic (exact) mass is 364 g/mol. The summed E-state index contributed by atoms with van der Waals surface area (Å²) in [5.41, 5.74) is 6.89. The quantitative estimate of drug-likeness (QED) is 0.410. The number of fused-ring (bicyclic) bond motifs is 1. The molecular weight excluding hydrogens is 348 g/mol. The fraction of sp³-hybridized carbons (Fsp3) is 0.105. The Labute approximate surface area is 153 Å². The Hall–Kier alpha value is -3.03. The van der Waals surface area contributed by atoms with Gasteiger partial charge in [-0.05, 0) is 41.8 Å². The van der Waals surface area contributed by atoms with Crippen molar-refractivity contribution in [3.8, 4) is 10.4 Å². The first-order valence-corrected chi connectivity index (χ1v) is 8.85. The Morgan fingerprint density at radius 1 is 1.27 bits per heavy atom. The minimum absolute atomic E-state index is 0.0197. The molecule has 0 radical (unpaired) electrons. The number of aliphatic hydroxyl groups excluding tert-OH is 1. The topological polar surface area (TPSA) is 83.5 Å². The van der Waals surface area contributed by atoms with E-state index >= 15 is 0 Å². The molecule has 0 bridgehead atoms. The smallest absolute Gasteiger partial charge is 0.167 e. The maximum Gasteiger partial charge on any atom is 0.167 e. The van der Waals surface area contributed by atoms with E-state index < -0.39 is 0 Å². The van der Waals surface area contributed by atoms with Gasteiger partial charge in [0.2, 0.25) is 0 Å². The molecule has 26 heavy (non-hydrogen) atoms. The number of hydrogen-bond acceptors (Lipinski definition) is 7. The van der Waals surface area contributed by atoms with Crippen molar-refractivity contribution in [2.24, 2.45) is 5.10 Å². The lowest BCUT2D eigenvalue weighted by molar-refractivity contribution is 0.282. The number of nitrogens with one attached hydrogen (secondary N) is 1. The van der Waals surface area contributed by atoms with Crippen LogP contribution < -0.4 is 5.43 Å². The molecule has 6 nitrogen and oxygen atoms in total. The molecule has 0 unspecified atom stereocenters. The van der Waals surface area contributed by atoms with Crippen molar-refractivity contribution in [3.63, 3.8) is 0 Å². The molecular formula is C19H16N4O2S. The van der Waals surface area contributed by atoms with Gasteiger partial charge in [0.25, 0.3) is 0 Å². The SMILES string of the molecule is Cc1c(-c2cccc(CO)c2)sc2c(N/N=C/c3ccco3)ncnc12. The molecule has 0 aliphatic heterocycles. The summed E-state index contributed by atoms with van der Waals surface area (Å²) in [5, 5.41) is 13.6. The molecule has 4 aromatic rings. The number of hydrazone groups is 1. The van der Waals surface area contributed by atoms with Gasteiger partial charge in [0.05, 0.1) is 29.3 Å². The molecule has 7 heteroatoms. The summed E-state index contributed by atoms with van der Waals surface area (Å²) >= 11 is 1.60. The Morgan fingerprint density at radius 3 is 3.00 bits per heavy atom. The minimum Gasteiger partial charge on any atom is -0.463 e. The van der Waals surface area contributed by atoms with Crippen LogP contribution in [0.2, 0.25) is 0 Å². The van der Waals surface area contributed by atoms with Gasteiger partial charge in [-0.25, -0.2) is 9.97 Å². The number of hydrogen-bond donors (Lipinski definition) is 2. The van der Waals surface area contributed by atoms with Gasteiger partial charge in [0, 0.05) is 4.88 Å². The largest absolute Gasteiger partial charge is 0.463 e. The second-order valence-electron chi connectivity index (χ2n) is 5.70. The molecule has 3 heterocycles. The summed E-state index contributed by atoms with van der Waals surface area (Å²) in [7, 11) is 0. The molecule has 3 aromatic heterocycles. The van der Waals surface area contributed by atoms with Gasteiger partial charge >= 0.3 is 0 Å². The molecule has 0 amide bonds. The van der Waals surface area contributed by atoms with E-state index in [4.69, 9.17) is 4.42 Å². The average molecular weight is 364 g/mol. The summed E-state index contributed by atoms with van der Waals surface area (Å²) in [6.07, 6.45) is 4.72. The number of anilines is 1. The fourth-order valence-electron chi connectivity index (χ4n) is 2.71. The van der Waals surface area contributed by atoms with E-state index in [9.17, 15) is 5.11 Å². The van der Waals surface area contributed by atoms with Crippen molar-refractivity contribution in [3.05, 3.63) is 65.9 Å². The van der Waals surface area contributed by atoms with E-state index in [-0.39, 0.29) is 6.61 Å². The van der Waals surface area contributed by atoms with Crippen molar-refractivity contribution >= 4 is 33.6 Å². The molecule has 0 aliphatic carbocycles. The van der Waals surface area contributed by atoms with E-state index in [1.165, 1.54) is 6.33 Å². The summed E-state index contributed by atoms with van der Waals surface area (Å²) in [5.74, 6) is 1.31. The molecule has 1 aromatic carbocycles. The summed E-state index contributed by atoms with van der Waals surface area (Å²) in [4.78, 5) is 9.84. The predicted octanol–water partition coefficient (Wildman–Crippen LogP) is 4.20. The van der Waals surface area contributed by atoms with Gasteiger partial charge in [-0.15, -0.1) is 11.3 Å². The molecule has 0 saturated carbocycles. The van der Waals surface area contributed by atoms with Gasteiger partial charge in [-0.3, -0.25) is 5.43 Å².